The largest absolute Gasteiger partial charge is 0.299 e. The molecular weight excluding hydrogens is 160 g/mol. The van der Waals surface area contributed by atoms with Crippen molar-refractivity contribution >= 4 is 5.78 Å². The Hall–Kier alpha value is -0.590. The molecule has 3 fully saturated rings. The van der Waals surface area contributed by atoms with Crippen molar-refractivity contribution < 1.29 is 4.79 Å². The maximum absolute atomic E-state index is 12.1. The number of hydrogen-bond donors (Lipinski definition) is 0. The molecule has 0 aliphatic heterocycles. The van der Waals surface area contributed by atoms with Crippen LogP contribution in [0.15, 0.2) is 11.6 Å². The van der Waals surface area contributed by atoms with Crippen molar-refractivity contribution in [2.24, 2.45) is 16.7 Å². The van der Waals surface area contributed by atoms with Crippen molar-refractivity contribution in [1.82, 2.24) is 0 Å². The third kappa shape index (κ3) is 0.619. The summed E-state index contributed by atoms with van der Waals surface area (Å²) in [6.45, 7) is 0. The molecule has 1 nitrogen and oxygen atoms in total. The highest BCUT2D eigenvalue weighted by Gasteiger charge is 2.68. The van der Waals surface area contributed by atoms with Crippen LogP contribution in [0.3, 0.4) is 0 Å². The highest BCUT2D eigenvalue weighted by Crippen LogP contribution is 2.72. The van der Waals surface area contributed by atoms with E-state index in [0.29, 0.717) is 11.2 Å². The molecular formula is C12H14O. The third-order valence-electron chi connectivity index (χ3n) is 4.82. The molecule has 68 valence electrons. The molecule has 0 saturated heterocycles. The van der Waals surface area contributed by atoms with Crippen LogP contribution in [0.1, 0.15) is 38.5 Å². The molecule has 3 saturated carbocycles. The maximum atomic E-state index is 12.1. The zero-order chi connectivity index (χ0) is 8.68. The van der Waals surface area contributed by atoms with Crippen molar-refractivity contribution in [2.75, 3.05) is 0 Å². The molecule has 0 heterocycles. The Kier molecular flexibility index (Phi) is 0.861. The summed E-state index contributed by atoms with van der Waals surface area (Å²) in [6, 6.07) is 0. The highest BCUT2D eigenvalue weighted by atomic mass is 16.1. The lowest BCUT2D eigenvalue weighted by Crippen LogP contribution is -2.26. The van der Waals surface area contributed by atoms with E-state index in [1.54, 1.807) is 5.57 Å². The second-order valence-electron chi connectivity index (χ2n) is 5.54. The molecule has 0 bridgehead atoms. The van der Waals surface area contributed by atoms with Gasteiger partial charge < -0.3 is 0 Å². The second-order valence-corrected chi connectivity index (χ2v) is 5.54. The minimum Gasteiger partial charge on any atom is -0.299 e. The Balaban J connectivity index is 1.89. The number of rotatable bonds is 0. The van der Waals surface area contributed by atoms with Crippen LogP contribution in [0.25, 0.3) is 0 Å². The van der Waals surface area contributed by atoms with Gasteiger partial charge in [0.15, 0.2) is 0 Å². The fourth-order valence-electron chi connectivity index (χ4n) is 3.73. The molecule has 2 spiro atoms. The monoisotopic (exact) mass is 174 g/mol. The van der Waals surface area contributed by atoms with Gasteiger partial charge in [0.25, 0.3) is 0 Å². The lowest BCUT2D eigenvalue weighted by atomic mass is 9.78. The summed E-state index contributed by atoms with van der Waals surface area (Å²) in [5.41, 5.74) is 2.06. The van der Waals surface area contributed by atoms with Gasteiger partial charge in [-0.25, -0.2) is 0 Å². The van der Waals surface area contributed by atoms with Gasteiger partial charge in [0.1, 0.15) is 5.78 Å². The normalized spacial score (nSPS) is 48.5. The van der Waals surface area contributed by atoms with Gasteiger partial charge in [0, 0.05) is 6.42 Å². The van der Waals surface area contributed by atoms with Gasteiger partial charge in [-0.1, -0.05) is 11.6 Å². The van der Waals surface area contributed by atoms with Crippen molar-refractivity contribution in [3.63, 3.8) is 0 Å². The summed E-state index contributed by atoms with van der Waals surface area (Å²) in [5.74, 6) is 1.37. The molecule has 0 aromatic heterocycles. The van der Waals surface area contributed by atoms with Gasteiger partial charge in [-0.3, -0.25) is 4.79 Å². The average Bonchev–Trinajstić information content (AvgIpc) is 2.95. The Bertz CT molecular complexity index is 348. The molecule has 4 aliphatic rings. The quantitative estimate of drug-likeness (QED) is 0.515. The summed E-state index contributed by atoms with van der Waals surface area (Å²) in [6.07, 6.45) is 9.68. The number of carbonyl (C=O) groups is 1. The van der Waals surface area contributed by atoms with Gasteiger partial charge in [-0.15, -0.1) is 0 Å². The van der Waals surface area contributed by atoms with Gasteiger partial charge >= 0.3 is 0 Å². The minimum atomic E-state index is 0.133. The van der Waals surface area contributed by atoms with Crippen LogP contribution in [0.5, 0.6) is 0 Å². The predicted octanol–water partition coefficient (Wildman–Crippen LogP) is 2.47. The van der Waals surface area contributed by atoms with Crippen LogP contribution in [-0.2, 0) is 4.79 Å². The van der Waals surface area contributed by atoms with Crippen molar-refractivity contribution in [3.05, 3.63) is 11.6 Å². The molecule has 0 amide bonds. The Morgan fingerprint density at radius 1 is 1.38 bits per heavy atom. The first-order chi connectivity index (χ1) is 6.25. The molecule has 0 N–H and O–H groups in total. The number of ketones is 1. The lowest BCUT2D eigenvalue weighted by Gasteiger charge is -2.25. The topological polar surface area (TPSA) is 17.1 Å². The summed E-state index contributed by atoms with van der Waals surface area (Å²) in [5, 5.41) is 0. The van der Waals surface area contributed by atoms with E-state index in [2.05, 4.69) is 6.08 Å². The van der Waals surface area contributed by atoms with Crippen LogP contribution in [0, 0.1) is 16.7 Å². The van der Waals surface area contributed by atoms with E-state index < -0.39 is 0 Å². The van der Waals surface area contributed by atoms with Crippen molar-refractivity contribution in [2.45, 2.75) is 38.5 Å². The summed E-state index contributed by atoms with van der Waals surface area (Å²) >= 11 is 0. The summed E-state index contributed by atoms with van der Waals surface area (Å²) < 4.78 is 0. The maximum Gasteiger partial charge on any atom is 0.144 e. The first kappa shape index (κ1) is 6.80. The van der Waals surface area contributed by atoms with Crippen molar-refractivity contribution in [1.29, 1.82) is 0 Å². The van der Waals surface area contributed by atoms with E-state index in [-0.39, 0.29) is 5.41 Å². The lowest BCUT2D eigenvalue weighted by molar-refractivity contribution is -0.124. The van der Waals surface area contributed by atoms with E-state index in [1.165, 1.54) is 32.1 Å². The molecule has 13 heavy (non-hydrogen) atoms. The number of carbonyl (C=O) groups excluding carboxylic acids is 1. The summed E-state index contributed by atoms with van der Waals surface area (Å²) in [4.78, 5) is 12.1. The molecule has 2 unspecified atom stereocenters. The molecule has 1 heteroatoms. The van der Waals surface area contributed by atoms with E-state index in [1.807, 2.05) is 0 Å². The van der Waals surface area contributed by atoms with Crippen LogP contribution in [0.2, 0.25) is 0 Å². The van der Waals surface area contributed by atoms with Gasteiger partial charge in [0.2, 0.25) is 0 Å². The molecule has 0 aromatic carbocycles. The van der Waals surface area contributed by atoms with E-state index in [4.69, 9.17) is 0 Å². The second kappa shape index (κ2) is 1.65. The molecule has 2 atom stereocenters. The van der Waals surface area contributed by atoms with Gasteiger partial charge in [-0.2, -0.15) is 0 Å². The standard InChI is InChI=1S/C12H14O/c13-10-7-11(3-4-11)5-8-1-2-9-6-12(8,9)10/h5,9H,1-4,6-7H2. The summed E-state index contributed by atoms with van der Waals surface area (Å²) in [7, 11) is 0. The number of Topliss-reactive ketones (excluding diaryl/α,β-unsaturated/α-hetero) is 1. The Labute approximate surface area is 78.2 Å². The Morgan fingerprint density at radius 3 is 2.92 bits per heavy atom. The smallest absolute Gasteiger partial charge is 0.144 e. The molecule has 0 aromatic rings. The SMILES string of the molecule is O=C1CC2(C=C3CCC4CC134)CC2. The first-order valence-corrected chi connectivity index (χ1v) is 5.51. The molecule has 4 rings (SSSR count). The van der Waals surface area contributed by atoms with Crippen LogP contribution >= 0.6 is 0 Å². The number of allylic oxidation sites excluding steroid dienone is 2. The van der Waals surface area contributed by atoms with Crippen LogP contribution in [0.4, 0.5) is 0 Å². The predicted molar refractivity (Wildman–Crippen MR) is 49.1 cm³/mol. The van der Waals surface area contributed by atoms with E-state index in [9.17, 15) is 4.79 Å². The van der Waals surface area contributed by atoms with Gasteiger partial charge in [-0.05, 0) is 43.4 Å². The minimum absolute atomic E-state index is 0.133. The number of hydrogen-bond acceptors (Lipinski definition) is 1. The van der Waals surface area contributed by atoms with Crippen LogP contribution in [-0.4, -0.2) is 5.78 Å². The molecule has 4 aliphatic carbocycles. The fourth-order valence-corrected chi connectivity index (χ4v) is 3.73. The third-order valence-corrected chi connectivity index (χ3v) is 4.82. The zero-order valence-electron chi connectivity index (χ0n) is 7.81. The fraction of sp³-hybridized carbons (Fsp3) is 0.750. The van der Waals surface area contributed by atoms with E-state index >= 15 is 0 Å². The van der Waals surface area contributed by atoms with E-state index in [0.717, 1.165) is 12.3 Å². The zero-order valence-corrected chi connectivity index (χ0v) is 7.81. The van der Waals surface area contributed by atoms with Crippen LogP contribution < -0.4 is 0 Å². The molecule has 0 radical (unpaired) electrons. The van der Waals surface area contributed by atoms with Gasteiger partial charge in [0.05, 0.1) is 5.41 Å². The first-order valence-electron chi connectivity index (χ1n) is 5.51. The highest BCUT2D eigenvalue weighted by molar-refractivity contribution is 5.94. The Morgan fingerprint density at radius 2 is 2.23 bits per heavy atom. The average molecular weight is 174 g/mol. The van der Waals surface area contributed by atoms with Crippen molar-refractivity contribution in [3.8, 4) is 0 Å².